The van der Waals surface area contributed by atoms with Crippen molar-refractivity contribution in [2.75, 3.05) is 40.9 Å². The van der Waals surface area contributed by atoms with Gasteiger partial charge >= 0.3 is 0 Å². The van der Waals surface area contributed by atoms with Gasteiger partial charge in [-0.15, -0.1) is 0 Å². The lowest BCUT2D eigenvalue weighted by Crippen LogP contribution is -2.22. The van der Waals surface area contributed by atoms with Crippen molar-refractivity contribution in [2.45, 2.75) is 13.3 Å². The number of rotatable bonds is 12. The van der Waals surface area contributed by atoms with E-state index in [2.05, 4.69) is 41.5 Å². The summed E-state index contributed by atoms with van der Waals surface area (Å²) < 4.78 is 11.5. The van der Waals surface area contributed by atoms with Crippen molar-refractivity contribution >= 4 is 39.6 Å². The molecule has 4 rings (SSSR count). The van der Waals surface area contributed by atoms with Gasteiger partial charge in [0, 0.05) is 49.7 Å². The Morgan fingerprint density at radius 2 is 1.77 bits per heavy atom. The van der Waals surface area contributed by atoms with Crippen LogP contribution in [0.4, 0.5) is 0 Å². The Labute approximate surface area is 241 Å². The highest BCUT2D eigenvalue weighted by Crippen LogP contribution is 2.40. The van der Waals surface area contributed by atoms with Crippen molar-refractivity contribution in [3.8, 4) is 11.5 Å². The molecular formula is C33H36ClN3O3. The third-order valence-corrected chi connectivity index (χ3v) is 7.01. The average molecular weight is 558 g/mol. The van der Waals surface area contributed by atoms with Crippen LogP contribution in [0, 0.1) is 0 Å². The molecule has 208 valence electrons. The van der Waals surface area contributed by atoms with Gasteiger partial charge in [-0.1, -0.05) is 67.1 Å². The number of methoxy groups -OCH3 is 1. The van der Waals surface area contributed by atoms with Crippen LogP contribution in [-0.4, -0.2) is 56.7 Å². The fraction of sp³-hybridized carbons (Fsp3) is 0.242. The molecule has 1 aromatic heterocycles. The summed E-state index contributed by atoms with van der Waals surface area (Å²) in [5.41, 5.74) is 6.21. The number of fused-ring (bicyclic) bond motifs is 1. The van der Waals surface area contributed by atoms with Gasteiger partial charge in [-0.2, -0.15) is 0 Å². The number of ether oxygens (including phenoxy) is 2. The average Bonchev–Trinajstić information content (AvgIpc) is 3.31. The number of carbonyl (C=O) groups excluding carboxylic acids is 1. The van der Waals surface area contributed by atoms with E-state index in [4.69, 9.17) is 21.1 Å². The monoisotopic (exact) mass is 557 g/mol. The van der Waals surface area contributed by atoms with Crippen LogP contribution in [0.5, 0.6) is 11.5 Å². The minimum atomic E-state index is -0.0297. The molecule has 0 atom stereocenters. The van der Waals surface area contributed by atoms with Crippen LogP contribution in [0.3, 0.4) is 0 Å². The van der Waals surface area contributed by atoms with Gasteiger partial charge in [0.05, 0.1) is 17.8 Å². The number of benzene rings is 3. The van der Waals surface area contributed by atoms with Gasteiger partial charge in [0.15, 0.2) is 0 Å². The van der Waals surface area contributed by atoms with Gasteiger partial charge in [0.1, 0.15) is 18.1 Å². The number of halogens is 1. The second kappa shape index (κ2) is 13.9. The predicted octanol–water partition coefficient (Wildman–Crippen LogP) is 6.81. The van der Waals surface area contributed by atoms with Crippen LogP contribution in [0.1, 0.15) is 30.2 Å². The highest BCUT2D eigenvalue weighted by Gasteiger charge is 2.20. The number of amides is 1. The van der Waals surface area contributed by atoms with Crippen LogP contribution in [-0.2, 0) is 4.79 Å². The minimum Gasteiger partial charge on any atom is -0.497 e. The van der Waals surface area contributed by atoms with Gasteiger partial charge in [0.2, 0.25) is 5.91 Å². The summed E-state index contributed by atoms with van der Waals surface area (Å²) in [6, 6.07) is 24.3. The van der Waals surface area contributed by atoms with Crippen molar-refractivity contribution < 1.29 is 14.3 Å². The molecule has 0 saturated heterocycles. The molecule has 2 N–H and O–H groups in total. The van der Waals surface area contributed by atoms with Crippen LogP contribution in [0.15, 0.2) is 84.9 Å². The van der Waals surface area contributed by atoms with Crippen LogP contribution < -0.4 is 14.8 Å². The van der Waals surface area contributed by atoms with Gasteiger partial charge in [0.25, 0.3) is 0 Å². The maximum atomic E-state index is 11.6. The molecule has 0 bridgehead atoms. The Morgan fingerprint density at radius 1 is 1.00 bits per heavy atom. The first-order valence-electron chi connectivity index (χ1n) is 13.4. The van der Waals surface area contributed by atoms with E-state index in [9.17, 15) is 4.79 Å². The molecule has 1 amide bonds. The number of hydrogen-bond donors (Lipinski definition) is 2. The van der Waals surface area contributed by atoms with Crippen molar-refractivity contribution in [1.82, 2.24) is 15.2 Å². The number of para-hydroxylation sites is 1. The smallest absolute Gasteiger partial charge is 0.245 e. The number of H-pyrrole nitrogens is 1. The van der Waals surface area contributed by atoms with E-state index in [0.717, 1.165) is 56.8 Å². The highest BCUT2D eigenvalue weighted by atomic mass is 35.5. The van der Waals surface area contributed by atoms with Crippen molar-refractivity contribution in [3.63, 3.8) is 0 Å². The Bertz CT molecular complexity index is 1500. The number of nitrogens with one attached hydrogen (secondary N) is 2. The number of nitrogens with zero attached hydrogens (tertiary/aromatic N) is 1. The zero-order chi connectivity index (χ0) is 28.5. The molecule has 0 spiro atoms. The Kier molecular flexibility index (Phi) is 10.1. The van der Waals surface area contributed by atoms with Gasteiger partial charge in [-0.05, 0) is 53.5 Å². The fourth-order valence-electron chi connectivity index (χ4n) is 4.54. The van der Waals surface area contributed by atoms with E-state index in [0.29, 0.717) is 24.7 Å². The van der Waals surface area contributed by atoms with Gasteiger partial charge in [-0.25, -0.2) is 0 Å². The highest BCUT2D eigenvalue weighted by molar-refractivity contribution is 6.38. The number of aromatic amines is 1. The van der Waals surface area contributed by atoms with E-state index >= 15 is 0 Å². The summed E-state index contributed by atoms with van der Waals surface area (Å²) >= 11 is 6.99. The molecule has 0 unspecified atom stereocenters. The van der Waals surface area contributed by atoms with E-state index in [1.54, 1.807) is 27.3 Å². The third-order valence-electron chi connectivity index (χ3n) is 6.62. The molecule has 0 aliphatic rings. The maximum absolute atomic E-state index is 11.6. The summed E-state index contributed by atoms with van der Waals surface area (Å²) in [4.78, 5) is 16.7. The van der Waals surface area contributed by atoms with E-state index in [1.165, 1.54) is 4.90 Å². The summed E-state index contributed by atoms with van der Waals surface area (Å²) in [7, 11) is 5.14. The van der Waals surface area contributed by atoms with E-state index < -0.39 is 0 Å². The lowest BCUT2D eigenvalue weighted by molar-refractivity contribution is -0.123. The van der Waals surface area contributed by atoms with E-state index in [1.807, 2.05) is 54.6 Å². The first kappa shape index (κ1) is 29.0. The van der Waals surface area contributed by atoms with Crippen LogP contribution in [0.25, 0.3) is 22.0 Å². The summed E-state index contributed by atoms with van der Waals surface area (Å²) in [5.74, 6) is 1.56. The normalized spacial score (nSPS) is 12.0. The molecule has 3 aromatic carbocycles. The molecule has 0 aliphatic heterocycles. The molecule has 4 aromatic rings. The zero-order valence-electron chi connectivity index (χ0n) is 23.5. The number of allylic oxidation sites excluding steroid dienone is 1. The number of likely N-dealkylation sites (N-methyl/N-ethyl adjacent to an activating group) is 1. The van der Waals surface area contributed by atoms with Crippen molar-refractivity contribution in [3.05, 3.63) is 107 Å². The molecule has 0 saturated carbocycles. The Morgan fingerprint density at radius 3 is 2.48 bits per heavy atom. The first-order valence-corrected chi connectivity index (χ1v) is 13.8. The summed E-state index contributed by atoms with van der Waals surface area (Å²) in [5, 5.41) is 4.94. The Balaban J connectivity index is 1.58. The molecule has 40 heavy (non-hydrogen) atoms. The maximum Gasteiger partial charge on any atom is 0.245 e. The SMILES string of the molecule is CC/C(=C(/c1ccc(OCCNC/C=C/C(=O)N(C)C)cc1)c1[nH]c2ccccc2c1Cl)c1cccc(OC)c1. The molecule has 7 heteroatoms. The first-order chi connectivity index (χ1) is 19.4. The van der Waals surface area contributed by atoms with Crippen molar-refractivity contribution in [2.24, 2.45) is 0 Å². The molecular weight excluding hydrogens is 522 g/mol. The second-order valence-electron chi connectivity index (χ2n) is 9.51. The lowest BCUT2D eigenvalue weighted by atomic mass is 9.90. The van der Waals surface area contributed by atoms with Crippen molar-refractivity contribution in [1.29, 1.82) is 0 Å². The predicted molar refractivity (Wildman–Crippen MR) is 165 cm³/mol. The molecule has 6 nitrogen and oxygen atoms in total. The Hall–Kier alpha value is -4.00. The molecule has 0 radical (unpaired) electrons. The van der Waals surface area contributed by atoms with Gasteiger partial charge in [-0.3, -0.25) is 4.79 Å². The topological polar surface area (TPSA) is 66.6 Å². The standard InChI is InChI=1S/C33H36ClN3O3/c1-5-27(24-10-8-11-26(22-24)39-4)31(33-32(34)28-12-6-7-13-29(28)36-33)23-15-17-25(18-16-23)40-21-20-35-19-9-14-30(38)37(2)3/h6-18,22,35-36H,5,19-21H2,1-4H3/b14-9+,31-27+. The summed E-state index contributed by atoms with van der Waals surface area (Å²) in [6.07, 6.45) is 4.17. The van der Waals surface area contributed by atoms with Crippen LogP contribution in [0.2, 0.25) is 5.02 Å². The molecule has 0 fully saturated rings. The summed E-state index contributed by atoms with van der Waals surface area (Å²) in [6.45, 7) is 3.93. The quantitative estimate of drug-likeness (QED) is 0.114. The minimum absolute atomic E-state index is 0.0297. The second-order valence-corrected chi connectivity index (χ2v) is 9.89. The third kappa shape index (κ3) is 6.95. The number of hydrogen-bond acceptors (Lipinski definition) is 4. The number of aromatic nitrogens is 1. The largest absolute Gasteiger partial charge is 0.497 e. The number of carbonyl (C=O) groups is 1. The van der Waals surface area contributed by atoms with Crippen LogP contribution >= 0.6 is 11.6 Å². The molecule has 1 heterocycles. The van der Waals surface area contributed by atoms with Gasteiger partial charge < -0.3 is 24.7 Å². The fourth-order valence-corrected chi connectivity index (χ4v) is 4.85. The molecule has 0 aliphatic carbocycles. The van der Waals surface area contributed by atoms with E-state index in [-0.39, 0.29) is 5.91 Å². The lowest BCUT2D eigenvalue weighted by Gasteiger charge is -2.17. The zero-order valence-corrected chi connectivity index (χ0v) is 24.2.